The first kappa shape index (κ1) is 23.4. The molecule has 0 saturated carbocycles. The lowest BCUT2D eigenvalue weighted by Gasteiger charge is -2.21. The van der Waals surface area contributed by atoms with Crippen LogP contribution in [0.15, 0.2) is 54.6 Å². The summed E-state index contributed by atoms with van der Waals surface area (Å²) in [4.78, 5) is 38.1. The van der Waals surface area contributed by atoms with Crippen LogP contribution >= 0.6 is 0 Å². The van der Waals surface area contributed by atoms with E-state index in [2.05, 4.69) is 10.6 Å². The fourth-order valence-electron chi connectivity index (χ4n) is 2.80. The number of benzene rings is 2. The Morgan fingerprint density at radius 1 is 1.00 bits per heavy atom. The zero-order chi connectivity index (χ0) is 22.5. The molecule has 0 unspecified atom stereocenters. The highest BCUT2D eigenvalue weighted by molar-refractivity contribution is 5.97. The van der Waals surface area contributed by atoms with E-state index in [1.807, 2.05) is 19.1 Å². The molecule has 0 saturated heterocycles. The lowest BCUT2D eigenvalue weighted by atomic mass is 10.2. The van der Waals surface area contributed by atoms with Gasteiger partial charge in [-0.3, -0.25) is 14.4 Å². The lowest BCUT2D eigenvalue weighted by Crippen LogP contribution is -2.35. The fourth-order valence-corrected chi connectivity index (χ4v) is 2.80. The Morgan fingerprint density at radius 2 is 1.71 bits per heavy atom. The second-order valence-corrected chi connectivity index (χ2v) is 6.57. The minimum atomic E-state index is -0.400. The van der Waals surface area contributed by atoms with E-state index >= 15 is 0 Å². The second-order valence-electron chi connectivity index (χ2n) is 6.57. The van der Waals surface area contributed by atoms with Gasteiger partial charge in [-0.25, -0.2) is 0 Å². The molecule has 0 heterocycles. The summed E-state index contributed by atoms with van der Waals surface area (Å²) in [6, 6.07) is 17.9. The average molecular weight is 422 g/mol. The van der Waals surface area contributed by atoms with Gasteiger partial charge in [0.2, 0.25) is 17.7 Å². The predicted molar refractivity (Wildman–Crippen MR) is 118 cm³/mol. The quantitative estimate of drug-likeness (QED) is 0.578. The number of nitrogens with zero attached hydrogens (tertiary/aromatic N) is 2. The van der Waals surface area contributed by atoms with E-state index in [0.29, 0.717) is 23.7 Å². The number of para-hydroxylation sites is 1. The number of anilines is 2. The molecule has 2 aromatic carbocycles. The topological polar surface area (TPSA) is 112 Å². The molecular formula is C23H26N4O4. The van der Waals surface area contributed by atoms with Crippen LogP contribution in [0.1, 0.15) is 26.2 Å². The highest BCUT2D eigenvalue weighted by Crippen LogP contribution is 2.16. The number of amides is 3. The number of hydrogen-bond acceptors (Lipinski definition) is 5. The SMILES string of the molecule is CCOc1ccc(NC(=O)CNC(=O)CCC(=O)N(CCC#N)c2ccccc2)cc1. The third-order valence-corrected chi connectivity index (χ3v) is 4.28. The average Bonchev–Trinajstić information content (AvgIpc) is 2.79. The molecule has 0 bridgehead atoms. The van der Waals surface area contributed by atoms with E-state index in [4.69, 9.17) is 10.00 Å². The first-order valence-electron chi connectivity index (χ1n) is 10.0. The largest absolute Gasteiger partial charge is 0.494 e. The van der Waals surface area contributed by atoms with Crippen molar-refractivity contribution in [3.8, 4) is 11.8 Å². The van der Waals surface area contributed by atoms with Crippen LogP contribution in [0.5, 0.6) is 5.75 Å². The maximum Gasteiger partial charge on any atom is 0.243 e. The number of hydrogen-bond donors (Lipinski definition) is 2. The van der Waals surface area contributed by atoms with E-state index < -0.39 is 5.91 Å². The number of nitrogens with one attached hydrogen (secondary N) is 2. The molecule has 0 aliphatic heterocycles. The molecule has 0 atom stereocenters. The lowest BCUT2D eigenvalue weighted by molar-refractivity contribution is -0.126. The summed E-state index contributed by atoms with van der Waals surface area (Å²) in [5.74, 6) is -0.319. The van der Waals surface area contributed by atoms with Gasteiger partial charge in [0.1, 0.15) is 5.75 Å². The first-order valence-corrected chi connectivity index (χ1v) is 10.0. The summed E-state index contributed by atoms with van der Waals surface area (Å²) in [5.41, 5.74) is 1.27. The monoisotopic (exact) mass is 422 g/mol. The predicted octanol–water partition coefficient (Wildman–Crippen LogP) is 2.87. The Balaban J connectivity index is 1.77. The van der Waals surface area contributed by atoms with E-state index in [1.165, 1.54) is 4.90 Å². The molecule has 0 aliphatic rings. The molecule has 2 N–H and O–H groups in total. The highest BCUT2D eigenvalue weighted by Gasteiger charge is 2.17. The van der Waals surface area contributed by atoms with Gasteiger partial charge in [0.05, 0.1) is 25.6 Å². The van der Waals surface area contributed by atoms with E-state index in [9.17, 15) is 14.4 Å². The zero-order valence-electron chi connectivity index (χ0n) is 17.5. The van der Waals surface area contributed by atoms with Crippen molar-refractivity contribution in [2.75, 3.05) is 29.9 Å². The Kier molecular flexibility index (Phi) is 9.56. The maximum atomic E-state index is 12.6. The van der Waals surface area contributed by atoms with Crippen LogP contribution < -0.4 is 20.3 Å². The summed E-state index contributed by atoms with van der Waals surface area (Å²) in [6.07, 6.45) is 0.121. The van der Waals surface area contributed by atoms with Crippen molar-refractivity contribution >= 4 is 29.1 Å². The van der Waals surface area contributed by atoms with Gasteiger partial charge >= 0.3 is 0 Å². The van der Waals surface area contributed by atoms with Crippen molar-refractivity contribution in [2.45, 2.75) is 26.2 Å². The van der Waals surface area contributed by atoms with Gasteiger partial charge in [-0.2, -0.15) is 5.26 Å². The Hall–Kier alpha value is -3.86. The van der Waals surface area contributed by atoms with Gasteiger partial charge in [0.25, 0.3) is 0 Å². The van der Waals surface area contributed by atoms with Gasteiger partial charge in [0.15, 0.2) is 0 Å². The Morgan fingerprint density at radius 3 is 2.35 bits per heavy atom. The van der Waals surface area contributed by atoms with E-state index in [-0.39, 0.29) is 44.2 Å². The third kappa shape index (κ3) is 8.19. The molecule has 31 heavy (non-hydrogen) atoms. The van der Waals surface area contributed by atoms with E-state index in [1.54, 1.807) is 48.5 Å². The number of nitriles is 1. The van der Waals surface area contributed by atoms with Crippen LogP contribution in [0.4, 0.5) is 11.4 Å². The van der Waals surface area contributed by atoms with Crippen LogP contribution in [0.2, 0.25) is 0 Å². The number of ether oxygens (including phenoxy) is 1. The molecule has 3 amide bonds. The second kappa shape index (κ2) is 12.6. The van der Waals surface area contributed by atoms with Gasteiger partial charge in [0, 0.05) is 30.8 Å². The van der Waals surface area contributed by atoms with Gasteiger partial charge in [-0.15, -0.1) is 0 Å². The summed E-state index contributed by atoms with van der Waals surface area (Å²) >= 11 is 0. The van der Waals surface area contributed by atoms with Crippen LogP contribution in [0.3, 0.4) is 0 Å². The van der Waals surface area contributed by atoms with Crippen LogP contribution in [0, 0.1) is 11.3 Å². The highest BCUT2D eigenvalue weighted by atomic mass is 16.5. The third-order valence-electron chi connectivity index (χ3n) is 4.28. The minimum absolute atomic E-state index is 0.0212. The number of carbonyl (C=O) groups is 3. The summed E-state index contributed by atoms with van der Waals surface area (Å²) in [5, 5.41) is 14.0. The summed E-state index contributed by atoms with van der Waals surface area (Å²) < 4.78 is 5.34. The normalized spacial score (nSPS) is 9.94. The molecule has 0 aromatic heterocycles. The van der Waals surface area contributed by atoms with E-state index in [0.717, 1.165) is 0 Å². The van der Waals surface area contributed by atoms with Gasteiger partial charge in [-0.1, -0.05) is 18.2 Å². The molecule has 162 valence electrons. The molecule has 8 heteroatoms. The zero-order valence-corrected chi connectivity index (χ0v) is 17.5. The van der Waals surface area contributed by atoms with Crippen molar-refractivity contribution in [3.63, 3.8) is 0 Å². The molecular weight excluding hydrogens is 396 g/mol. The standard InChI is InChI=1S/C23H26N4O4/c1-2-31-20-11-9-18(10-12-20)26-22(29)17-25-21(28)13-14-23(30)27(16-6-15-24)19-7-4-3-5-8-19/h3-5,7-12H,2,6,13-14,16-17H2,1H3,(H,25,28)(H,26,29). The maximum absolute atomic E-state index is 12.6. The van der Waals surface area contributed by atoms with Crippen LogP contribution in [-0.4, -0.2) is 37.4 Å². The van der Waals surface area contributed by atoms with Crippen molar-refractivity contribution in [3.05, 3.63) is 54.6 Å². The van der Waals surface area contributed by atoms with Gasteiger partial charge in [-0.05, 0) is 43.3 Å². The van der Waals surface area contributed by atoms with Gasteiger partial charge < -0.3 is 20.3 Å². The molecule has 2 aromatic rings. The number of rotatable bonds is 11. The van der Waals surface area contributed by atoms with Crippen molar-refractivity contribution in [1.82, 2.24) is 5.32 Å². The Bertz CT molecular complexity index is 907. The molecule has 0 radical (unpaired) electrons. The molecule has 0 aliphatic carbocycles. The van der Waals surface area contributed by atoms with Crippen LogP contribution in [-0.2, 0) is 14.4 Å². The molecule has 0 spiro atoms. The molecule has 0 fully saturated rings. The minimum Gasteiger partial charge on any atom is -0.494 e. The van der Waals surface area contributed by atoms with Crippen molar-refractivity contribution in [1.29, 1.82) is 5.26 Å². The summed E-state index contributed by atoms with van der Waals surface area (Å²) in [7, 11) is 0. The molecule has 8 nitrogen and oxygen atoms in total. The van der Waals surface area contributed by atoms with Crippen molar-refractivity contribution < 1.29 is 19.1 Å². The Labute approximate surface area is 181 Å². The van der Waals surface area contributed by atoms with Crippen molar-refractivity contribution in [2.24, 2.45) is 0 Å². The summed E-state index contributed by atoms with van der Waals surface area (Å²) in [6.45, 7) is 2.50. The van der Waals surface area contributed by atoms with Crippen LogP contribution in [0.25, 0.3) is 0 Å². The first-order chi connectivity index (χ1) is 15.0. The fraction of sp³-hybridized carbons (Fsp3) is 0.304. The molecule has 2 rings (SSSR count). The smallest absolute Gasteiger partial charge is 0.243 e. The number of carbonyl (C=O) groups excluding carboxylic acids is 3.